The number of amides is 1. The Morgan fingerprint density at radius 2 is 1.91 bits per heavy atom. The number of carbonyl (C=O) groups excluding carboxylic acids is 1. The van der Waals surface area contributed by atoms with E-state index in [1.54, 1.807) is 11.3 Å². The van der Waals surface area contributed by atoms with Crippen molar-refractivity contribution in [1.82, 2.24) is 9.80 Å². The fourth-order valence-electron chi connectivity index (χ4n) is 2.89. The molecule has 0 radical (unpaired) electrons. The summed E-state index contributed by atoms with van der Waals surface area (Å²) in [6.07, 6.45) is 0. The molecule has 22 heavy (non-hydrogen) atoms. The molecule has 1 amide bonds. The Hall–Kier alpha value is -1.36. The van der Waals surface area contributed by atoms with Gasteiger partial charge in [0.1, 0.15) is 0 Å². The van der Waals surface area contributed by atoms with Gasteiger partial charge in [0.05, 0.1) is 5.56 Å². The molecule has 3 nitrogen and oxygen atoms in total. The molecular weight excluding hydrogens is 316 g/mol. The van der Waals surface area contributed by atoms with Crippen LogP contribution >= 0.6 is 22.9 Å². The van der Waals surface area contributed by atoms with Crippen LogP contribution in [0, 0.1) is 0 Å². The molecule has 1 aliphatic heterocycles. The van der Waals surface area contributed by atoms with Crippen molar-refractivity contribution in [2.24, 2.45) is 0 Å². The number of benzene rings is 1. The Kier molecular flexibility index (Phi) is 4.81. The SMILES string of the molecule is CC(c1ccccc1Cl)N1CCN(C(=O)c2ccsc2)CC1. The number of piperazine rings is 1. The van der Waals surface area contributed by atoms with E-state index in [2.05, 4.69) is 17.9 Å². The fourth-order valence-corrected chi connectivity index (χ4v) is 3.82. The number of hydrogen-bond acceptors (Lipinski definition) is 3. The third-order valence-corrected chi connectivity index (χ3v) is 5.30. The average molecular weight is 335 g/mol. The van der Waals surface area contributed by atoms with Crippen molar-refractivity contribution in [1.29, 1.82) is 0 Å². The van der Waals surface area contributed by atoms with E-state index in [4.69, 9.17) is 11.6 Å². The highest BCUT2D eigenvalue weighted by Crippen LogP contribution is 2.28. The molecule has 2 aromatic rings. The molecule has 0 spiro atoms. The van der Waals surface area contributed by atoms with Crippen molar-refractivity contribution in [3.63, 3.8) is 0 Å². The summed E-state index contributed by atoms with van der Waals surface area (Å²) in [6.45, 7) is 5.47. The average Bonchev–Trinajstić information content (AvgIpc) is 3.09. The van der Waals surface area contributed by atoms with Crippen LogP contribution in [0.2, 0.25) is 5.02 Å². The summed E-state index contributed by atoms with van der Waals surface area (Å²) >= 11 is 7.86. The standard InChI is InChI=1S/C17H19ClN2OS/c1-13(15-4-2-3-5-16(15)18)19-7-9-20(10-8-19)17(21)14-6-11-22-12-14/h2-6,11-13H,7-10H2,1H3. The maximum absolute atomic E-state index is 12.4. The molecule has 0 aliphatic carbocycles. The van der Waals surface area contributed by atoms with Gasteiger partial charge in [0.25, 0.3) is 5.91 Å². The normalized spacial score (nSPS) is 17.5. The second kappa shape index (κ2) is 6.82. The first-order chi connectivity index (χ1) is 10.7. The van der Waals surface area contributed by atoms with Crippen molar-refractivity contribution in [3.05, 3.63) is 57.2 Å². The third-order valence-electron chi connectivity index (χ3n) is 4.27. The second-order valence-corrected chi connectivity index (χ2v) is 6.72. The topological polar surface area (TPSA) is 23.6 Å². The van der Waals surface area contributed by atoms with Crippen LogP contribution in [0.5, 0.6) is 0 Å². The van der Waals surface area contributed by atoms with Gasteiger partial charge in [0.2, 0.25) is 0 Å². The highest BCUT2D eigenvalue weighted by Gasteiger charge is 2.26. The maximum atomic E-state index is 12.4. The molecule has 1 unspecified atom stereocenters. The molecular formula is C17H19ClN2OS. The van der Waals surface area contributed by atoms with Crippen molar-refractivity contribution < 1.29 is 4.79 Å². The van der Waals surface area contributed by atoms with Gasteiger partial charge in [0, 0.05) is 42.6 Å². The number of thiophene rings is 1. The molecule has 1 atom stereocenters. The number of hydrogen-bond donors (Lipinski definition) is 0. The van der Waals surface area contributed by atoms with Crippen molar-refractivity contribution in [3.8, 4) is 0 Å². The number of halogens is 1. The lowest BCUT2D eigenvalue weighted by Gasteiger charge is -2.38. The van der Waals surface area contributed by atoms with Crippen LogP contribution in [0.3, 0.4) is 0 Å². The van der Waals surface area contributed by atoms with Crippen LogP contribution in [-0.4, -0.2) is 41.9 Å². The van der Waals surface area contributed by atoms with Gasteiger partial charge in [-0.25, -0.2) is 0 Å². The minimum absolute atomic E-state index is 0.145. The molecule has 0 bridgehead atoms. The minimum Gasteiger partial charge on any atom is -0.336 e. The van der Waals surface area contributed by atoms with E-state index in [-0.39, 0.29) is 11.9 Å². The molecule has 0 saturated carbocycles. The van der Waals surface area contributed by atoms with Gasteiger partial charge in [-0.1, -0.05) is 29.8 Å². The summed E-state index contributed by atoms with van der Waals surface area (Å²) in [5.41, 5.74) is 1.96. The van der Waals surface area contributed by atoms with E-state index in [0.717, 1.165) is 42.3 Å². The van der Waals surface area contributed by atoms with E-state index >= 15 is 0 Å². The van der Waals surface area contributed by atoms with E-state index < -0.39 is 0 Å². The monoisotopic (exact) mass is 334 g/mol. The molecule has 1 saturated heterocycles. The predicted molar refractivity (Wildman–Crippen MR) is 91.7 cm³/mol. The van der Waals surface area contributed by atoms with E-state index in [1.807, 2.05) is 39.9 Å². The van der Waals surface area contributed by atoms with Gasteiger partial charge < -0.3 is 4.90 Å². The highest BCUT2D eigenvalue weighted by molar-refractivity contribution is 7.08. The molecule has 1 aromatic carbocycles. The summed E-state index contributed by atoms with van der Waals surface area (Å²) in [5.74, 6) is 0.145. The summed E-state index contributed by atoms with van der Waals surface area (Å²) in [4.78, 5) is 16.7. The van der Waals surface area contributed by atoms with Gasteiger partial charge >= 0.3 is 0 Å². The minimum atomic E-state index is 0.145. The summed E-state index contributed by atoms with van der Waals surface area (Å²) in [7, 11) is 0. The number of rotatable bonds is 3. The Labute approximate surface area is 140 Å². The van der Waals surface area contributed by atoms with Gasteiger partial charge in [0.15, 0.2) is 0 Å². The van der Waals surface area contributed by atoms with E-state index in [0.29, 0.717) is 0 Å². The van der Waals surface area contributed by atoms with Crippen molar-refractivity contribution in [2.45, 2.75) is 13.0 Å². The molecule has 1 aliphatic rings. The van der Waals surface area contributed by atoms with E-state index in [9.17, 15) is 4.79 Å². The molecule has 3 rings (SSSR count). The van der Waals surface area contributed by atoms with Crippen LogP contribution in [0.1, 0.15) is 28.9 Å². The zero-order valence-electron chi connectivity index (χ0n) is 12.5. The fraction of sp³-hybridized carbons (Fsp3) is 0.353. The number of carbonyl (C=O) groups is 1. The molecule has 116 valence electrons. The first-order valence-electron chi connectivity index (χ1n) is 7.47. The first kappa shape index (κ1) is 15.5. The van der Waals surface area contributed by atoms with Crippen molar-refractivity contribution >= 4 is 28.8 Å². The summed E-state index contributed by atoms with van der Waals surface area (Å²) < 4.78 is 0. The Bertz CT molecular complexity index is 636. The molecule has 0 N–H and O–H groups in total. The maximum Gasteiger partial charge on any atom is 0.254 e. The lowest BCUT2D eigenvalue weighted by atomic mass is 10.1. The quantitative estimate of drug-likeness (QED) is 0.849. The lowest BCUT2D eigenvalue weighted by Crippen LogP contribution is -2.49. The Morgan fingerprint density at radius 3 is 2.55 bits per heavy atom. The van der Waals surface area contributed by atoms with Gasteiger partial charge in [-0.05, 0) is 30.0 Å². The lowest BCUT2D eigenvalue weighted by molar-refractivity contribution is 0.0582. The van der Waals surface area contributed by atoms with Crippen LogP contribution in [0.25, 0.3) is 0 Å². The van der Waals surface area contributed by atoms with E-state index in [1.165, 1.54) is 0 Å². The largest absolute Gasteiger partial charge is 0.336 e. The molecule has 1 aromatic heterocycles. The van der Waals surface area contributed by atoms with Crippen LogP contribution < -0.4 is 0 Å². The van der Waals surface area contributed by atoms with Crippen LogP contribution in [-0.2, 0) is 0 Å². The summed E-state index contributed by atoms with van der Waals surface area (Å²) in [6, 6.07) is 10.2. The van der Waals surface area contributed by atoms with Crippen molar-refractivity contribution in [2.75, 3.05) is 26.2 Å². The first-order valence-corrected chi connectivity index (χ1v) is 8.79. The molecule has 5 heteroatoms. The highest BCUT2D eigenvalue weighted by atomic mass is 35.5. The predicted octanol–water partition coefficient (Wildman–Crippen LogP) is 3.92. The molecule has 1 fully saturated rings. The van der Waals surface area contributed by atoms with Gasteiger partial charge in [-0.3, -0.25) is 9.69 Å². The zero-order chi connectivity index (χ0) is 15.5. The van der Waals surface area contributed by atoms with Gasteiger partial charge in [-0.2, -0.15) is 11.3 Å². The summed E-state index contributed by atoms with van der Waals surface area (Å²) in [5, 5.41) is 4.68. The smallest absolute Gasteiger partial charge is 0.254 e. The second-order valence-electron chi connectivity index (χ2n) is 5.54. The Balaban J connectivity index is 1.62. The Morgan fingerprint density at radius 1 is 1.18 bits per heavy atom. The third kappa shape index (κ3) is 3.19. The molecule has 2 heterocycles. The van der Waals surface area contributed by atoms with Gasteiger partial charge in [-0.15, -0.1) is 0 Å². The van der Waals surface area contributed by atoms with Crippen LogP contribution in [0.15, 0.2) is 41.1 Å². The number of nitrogens with zero attached hydrogens (tertiary/aromatic N) is 2. The van der Waals surface area contributed by atoms with Crippen LogP contribution in [0.4, 0.5) is 0 Å². The zero-order valence-corrected chi connectivity index (χ0v) is 14.1.